The number of hydrogen-bond acceptors (Lipinski definition) is 1. The van der Waals surface area contributed by atoms with E-state index >= 15 is 0 Å². The Balaban J connectivity index is -0.000000000833. The van der Waals surface area contributed by atoms with Gasteiger partial charge in [-0.2, -0.15) is 0 Å². The average Bonchev–Trinajstić information content (AvgIpc) is 1.00. The van der Waals surface area contributed by atoms with E-state index in [1.165, 1.54) is 0 Å². The second-order valence-corrected chi connectivity index (χ2v) is 0. The summed E-state index contributed by atoms with van der Waals surface area (Å²) in [5.74, 6) is 0. The zero-order chi connectivity index (χ0) is 2.00. The van der Waals surface area contributed by atoms with Gasteiger partial charge in [-0.3, -0.25) is 0 Å². The molecular formula is HCoF3OZn. The Kier molecular flexibility index (Phi) is 2030. The summed E-state index contributed by atoms with van der Waals surface area (Å²) < 4.78 is 7.12. The maximum atomic E-state index is 7.12. The molecule has 0 aliphatic heterocycles. The molecule has 0 atom stereocenters. The van der Waals surface area contributed by atoms with Crippen molar-refractivity contribution < 1.29 is 53.5 Å². The molecule has 0 saturated heterocycles. The first-order valence-electron chi connectivity index (χ1n) is 0.316. The fraction of sp³-hybridized carbons (Fsp3) is 0. The van der Waals surface area contributed by atoms with E-state index < -0.39 is 0 Å². The van der Waals surface area contributed by atoms with Gasteiger partial charge in [0, 0.05) is 0 Å². The number of rotatable bonds is 0. The van der Waals surface area contributed by atoms with Gasteiger partial charge >= 0.3 is 39.4 Å². The molecule has 0 spiro atoms. The minimum atomic E-state index is 0. The van der Waals surface area contributed by atoms with Crippen LogP contribution in [0.5, 0.6) is 0 Å². The van der Waals surface area contributed by atoms with Gasteiger partial charge in [0.25, 0.3) is 0 Å². The molecule has 0 aromatic rings. The molecule has 0 aliphatic carbocycles. The molecule has 6 heavy (non-hydrogen) atoms. The molecule has 0 fully saturated rings. The zero-order valence-corrected chi connectivity index (χ0v) is 6.63. The molecule has 1 N–H and O–H groups in total. The summed E-state index contributed by atoms with van der Waals surface area (Å²) in [7, 11) is 0. The third-order valence-corrected chi connectivity index (χ3v) is 0. The van der Waals surface area contributed by atoms with Crippen LogP contribution in [0.15, 0.2) is 0 Å². The Morgan fingerprint density at radius 2 is 0.833 bits per heavy atom. The van der Waals surface area contributed by atoms with Gasteiger partial charge in [-0.15, -0.1) is 0 Å². The predicted octanol–water partition coefficient (Wildman–Crippen LogP) is -9.55. The molecule has 39 valence electrons. The van der Waals surface area contributed by atoms with E-state index in [0.29, 0.717) is 18.7 Å². The SMILES string of the molecule is [Co+2].[F-].[F-].[F-].[OH][Zn+]. The van der Waals surface area contributed by atoms with Crippen molar-refractivity contribution in [3.05, 3.63) is 0 Å². The van der Waals surface area contributed by atoms with E-state index in [2.05, 4.69) is 0 Å². The Hall–Kier alpha value is 0.880. The first-order valence-corrected chi connectivity index (χ1v) is 1.64. The molecule has 0 bridgehead atoms. The third-order valence-electron chi connectivity index (χ3n) is 0. The maximum absolute atomic E-state index is 7.12. The minimum absolute atomic E-state index is 0. The van der Waals surface area contributed by atoms with Crippen molar-refractivity contribution in [3.63, 3.8) is 0 Å². The molecule has 6 heteroatoms. The van der Waals surface area contributed by atoms with Gasteiger partial charge < -0.3 is 14.1 Å². The third kappa shape index (κ3) is 94.9. The van der Waals surface area contributed by atoms with Crippen molar-refractivity contribution in [1.82, 2.24) is 0 Å². The molecule has 0 aliphatic rings. The molecular weight excluding hydrogens is 197 g/mol. The van der Waals surface area contributed by atoms with Crippen LogP contribution in [0.25, 0.3) is 0 Å². The van der Waals surface area contributed by atoms with Crippen LogP contribution >= 0.6 is 0 Å². The van der Waals surface area contributed by atoms with E-state index in [1.54, 1.807) is 0 Å². The van der Waals surface area contributed by atoms with E-state index in [-0.39, 0.29) is 30.9 Å². The summed E-state index contributed by atoms with van der Waals surface area (Å²) in [6.07, 6.45) is 0. The Morgan fingerprint density at radius 3 is 0.833 bits per heavy atom. The normalized spacial score (nSPS) is 1.17. The summed E-state index contributed by atoms with van der Waals surface area (Å²) >= 11 is 0.375. The summed E-state index contributed by atoms with van der Waals surface area (Å²) in [6, 6.07) is 0. The number of halogens is 3. The molecule has 0 unspecified atom stereocenters. The summed E-state index contributed by atoms with van der Waals surface area (Å²) in [5.41, 5.74) is 0. The van der Waals surface area contributed by atoms with Gasteiger partial charge in [0.05, 0.1) is 0 Å². The van der Waals surface area contributed by atoms with Crippen LogP contribution in [-0.4, -0.2) is 3.93 Å². The summed E-state index contributed by atoms with van der Waals surface area (Å²) in [6.45, 7) is 0. The fourth-order valence-electron chi connectivity index (χ4n) is 0. The number of hydrogen-bond donors (Lipinski definition) is 1. The average molecular weight is 198 g/mol. The van der Waals surface area contributed by atoms with Gasteiger partial charge in [-0.25, -0.2) is 0 Å². The van der Waals surface area contributed by atoms with Crippen LogP contribution in [0, 0.1) is 0 Å². The summed E-state index contributed by atoms with van der Waals surface area (Å²) in [4.78, 5) is 0. The van der Waals surface area contributed by atoms with Crippen molar-refractivity contribution in [2.24, 2.45) is 0 Å². The molecule has 0 amide bonds. The zero-order valence-electron chi connectivity index (χ0n) is 2.62. The van der Waals surface area contributed by atoms with E-state index in [4.69, 9.17) is 3.93 Å². The second kappa shape index (κ2) is 181. The molecule has 0 rings (SSSR count). The van der Waals surface area contributed by atoms with Crippen LogP contribution in [0.1, 0.15) is 0 Å². The standard InChI is InChI=1S/Co.3FH.H2O.Zn/h;3*1H;1H2;/q+2;;;;;+2/p-4. The molecule has 0 aromatic heterocycles. The van der Waals surface area contributed by atoms with Crippen molar-refractivity contribution in [2.75, 3.05) is 0 Å². The molecule has 1 radical (unpaired) electrons. The first kappa shape index (κ1) is 67.3. The summed E-state index contributed by atoms with van der Waals surface area (Å²) in [5, 5.41) is 0. The monoisotopic (exact) mass is 197 g/mol. The molecule has 0 saturated carbocycles. The first-order chi connectivity index (χ1) is 1.00. The van der Waals surface area contributed by atoms with Gasteiger partial charge in [0.1, 0.15) is 0 Å². The van der Waals surface area contributed by atoms with Crippen molar-refractivity contribution in [2.45, 2.75) is 0 Å². The van der Waals surface area contributed by atoms with Crippen LogP contribution < -0.4 is 14.1 Å². The topological polar surface area (TPSA) is 20.2 Å². The van der Waals surface area contributed by atoms with Gasteiger partial charge in [-0.1, -0.05) is 0 Å². The van der Waals surface area contributed by atoms with E-state index in [9.17, 15) is 0 Å². The molecule has 0 heterocycles. The van der Waals surface area contributed by atoms with Gasteiger partial charge in [0.2, 0.25) is 0 Å². The van der Waals surface area contributed by atoms with Crippen LogP contribution in [0.2, 0.25) is 0 Å². The quantitative estimate of drug-likeness (QED) is 0.383. The van der Waals surface area contributed by atoms with Gasteiger partial charge in [0.15, 0.2) is 0 Å². The van der Waals surface area contributed by atoms with Gasteiger partial charge in [-0.05, 0) is 0 Å². The van der Waals surface area contributed by atoms with Crippen molar-refractivity contribution >= 4 is 0 Å². The van der Waals surface area contributed by atoms with E-state index in [1.807, 2.05) is 0 Å². The van der Waals surface area contributed by atoms with Crippen molar-refractivity contribution in [3.8, 4) is 0 Å². The second-order valence-electron chi connectivity index (χ2n) is 0. The van der Waals surface area contributed by atoms with Crippen molar-refractivity contribution in [1.29, 1.82) is 0 Å². The van der Waals surface area contributed by atoms with Crippen LogP contribution in [0.4, 0.5) is 0 Å². The molecule has 1 nitrogen and oxygen atoms in total. The fourth-order valence-corrected chi connectivity index (χ4v) is 0. The molecule has 0 aromatic carbocycles. The predicted molar refractivity (Wildman–Crippen MR) is 2.22 cm³/mol. The van der Waals surface area contributed by atoms with Crippen LogP contribution in [0.3, 0.4) is 0 Å². The van der Waals surface area contributed by atoms with Crippen LogP contribution in [-0.2, 0) is 35.4 Å². The Morgan fingerprint density at radius 1 is 0.833 bits per heavy atom. The Labute approximate surface area is 53.9 Å². The van der Waals surface area contributed by atoms with E-state index in [0.717, 1.165) is 0 Å². The Bertz CT molecular complexity index is 10.8.